The van der Waals surface area contributed by atoms with Crippen molar-refractivity contribution in [1.82, 2.24) is 0 Å². The third-order valence-corrected chi connectivity index (χ3v) is 9.57. The molecule has 0 aliphatic heterocycles. The van der Waals surface area contributed by atoms with E-state index in [1.165, 1.54) is 6.92 Å². The molecule has 0 unspecified atom stereocenters. The monoisotopic (exact) mass is 408 g/mol. The van der Waals surface area contributed by atoms with Gasteiger partial charge in [0.25, 0.3) is 0 Å². The normalized spacial score (nSPS) is 12.4. The zero-order valence-electron chi connectivity index (χ0n) is 16.7. The maximum atomic E-state index is 13.0. The summed E-state index contributed by atoms with van der Waals surface area (Å²) in [5.41, 5.74) is 0. The van der Waals surface area contributed by atoms with Gasteiger partial charge in [-0.1, -0.05) is 0 Å². The average Bonchev–Trinajstić information content (AvgIpc) is 2.75. The summed E-state index contributed by atoms with van der Waals surface area (Å²) in [7, 11) is -4.36. The van der Waals surface area contributed by atoms with Gasteiger partial charge in [0, 0.05) is 0 Å². The van der Waals surface area contributed by atoms with E-state index in [-0.39, 0.29) is 6.42 Å². The molecule has 0 saturated heterocycles. The quantitative estimate of drug-likeness (QED) is 0.549. The fraction of sp³-hybridized carbons (Fsp3) is 0.167. The van der Waals surface area contributed by atoms with E-state index in [0.717, 1.165) is 0 Å². The molecule has 0 bridgehead atoms. The summed E-state index contributed by atoms with van der Waals surface area (Å²) < 4.78 is 12.6. The summed E-state index contributed by atoms with van der Waals surface area (Å²) in [4.78, 5) is 25.5. The molecule has 4 nitrogen and oxygen atoms in total. The van der Waals surface area contributed by atoms with E-state index >= 15 is 0 Å². The van der Waals surface area contributed by atoms with E-state index in [1.807, 2.05) is 97.9 Å². The van der Waals surface area contributed by atoms with Crippen LogP contribution in [0, 0.1) is 0 Å². The molecular formula is C24H25O4P. The molecule has 3 rings (SSSR count). The number of carbonyl (C=O) groups excluding carboxylic acids is 2. The number of benzene rings is 3. The summed E-state index contributed by atoms with van der Waals surface area (Å²) >= 11 is 0. The first-order chi connectivity index (χ1) is 14.0. The molecule has 3 aromatic carbocycles. The SMILES string of the molecule is CCCC(=O)OP(OC(C)=O)(c1ccccc1)(c1ccccc1)c1ccccc1. The Morgan fingerprint density at radius 1 is 0.690 bits per heavy atom. The molecule has 0 atom stereocenters. The predicted octanol–water partition coefficient (Wildman–Crippen LogP) is 4.25. The molecule has 0 radical (unpaired) electrons. The maximum absolute atomic E-state index is 13.0. The second-order valence-corrected chi connectivity index (χ2v) is 10.6. The second kappa shape index (κ2) is 8.59. The van der Waals surface area contributed by atoms with E-state index < -0.39 is 19.0 Å². The Balaban J connectivity index is 2.50. The molecular weight excluding hydrogens is 383 g/mol. The average molecular weight is 408 g/mol. The van der Waals surface area contributed by atoms with Crippen molar-refractivity contribution in [3.63, 3.8) is 0 Å². The number of carbonyl (C=O) groups is 2. The van der Waals surface area contributed by atoms with Crippen LogP contribution in [0.1, 0.15) is 26.7 Å². The van der Waals surface area contributed by atoms with Crippen LogP contribution in [0.25, 0.3) is 0 Å². The van der Waals surface area contributed by atoms with Gasteiger partial charge in [-0.3, -0.25) is 0 Å². The Morgan fingerprint density at radius 3 is 1.38 bits per heavy atom. The van der Waals surface area contributed by atoms with Crippen molar-refractivity contribution in [3.8, 4) is 0 Å². The van der Waals surface area contributed by atoms with Crippen molar-refractivity contribution >= 4 is 34.9 Å². The summed E-state index contributed by atoms with van der Waals surface area (Å²) in [6, 6.07) is 28.0. The molecule has 0 aromatic heterocycles. The first-order valence-electron chi connectivity index (χ1n) is 9.65. The van der Waals surface area contributed by atoms with E-state index in [9.17, 15) is 9.59 Å². The van der Waals surface area contributed by atoms with Crippen LogP contribution >= 0.6 is 7.06 Å². The van der Waals surface area contributed by atoms with Crippen LogP contribution in [0.2, 0.25) is 0 Å². The van der Waals surface area contributed by atoms with Crippen molar-refractivity contribution in [2.24, 2.45) is 0 Å². The Hall–Kier alpha value is -2.97. The van der Waals surface area contributed by atoms with E-state index in [2.05, 4.69) is 0 Å². The minimum absolute atomic E-state index is 0.228. The zero-order valence-corrected chi connectivity index (χ0v) is 17.5. The summed E-state index contributed by atoms with van der Waals surface area (Å²) in [5, 5.41) is 1.99. The van der Waals surface area contributed by atoms with Gasteiger partial charge in [-0.05, 0) is 0 Å². The van der Waals surface area contributed by atoms with Gasteiger partial charge < -0.3 is 0 Å². The van der Waals surface area contributed by atoms with Crippen molar-refractivity contribution in [2.45, 2.75) is 26.7 Å². The topological polar surface area (TPSA) is 52.6 Å². The molecule has 0 N–H and O–H groups in total. The minimum atomic E-state index is -4.36. The first kappa shape index (κ1) is 20.8. The fourth-order valence-electron chi connectivity index (χ4n) is 3.57. The predicted molar refractivity (Wildman–Crippen MR) is 118 cm³/mol. The summed E-state index contributed by atoms with van der Waals surface area (Å²) in [6.07, 6.45) is 0.857. The van der Waals surface area contributed by atoms with Crippen LogP contribution in [0.15, 0.2) is 91.0 Å². The second-order valence-electron chi connectivity index (χ2n) is 6.76. The van der Waals surface area contributed by atoms with Crippen LogP contribution in [-0.2, 0) is 18.6 Å². The van der Waals surface area contributed by atoms with E-state index in [0.29, 0.717) is 22.3 Å². The molecule has 5 heteroatoms. The van der Waals surface area contributed by atoms with E-state index in [4.69, 9.17) is 9.05 Å². The first-order valence-corrected chi connectivity index (χ1v) is 11.7. The van der Waals surface area contributed by atoms with Gasteiger partial charge in [-0.25, -0.2) is 0 Å². The van der Waals surface area contributed by atoms with Gasteiger partial charge in [0.15, 0.2) is 0 Å². The molecule has 150 valence electrons. The third-order valence-electron chi connectivity index (χ3n) is 4.71. The van der Waals surface area contributed by atoms with Crippen molar-refractivity contribution in [2.75, 3.05) is 0 Å². The number of hydrogen-bond acceptors (Lipinski definition) is 4. The Morgan fingerprint density at radius 2 is 1.07 bits per heavy atom. The van der Waals surface area contributed by atoms with Crippen molar-refractivity contribution in [3.05, 3.63) is 91.0 Å². The van der Waals surface area contributed by atoms with Crippen LogP contribution < -0.4 is 15.9 Å². The van der Waals surface area contributed by atoms with Crippen LogP contribution in [0.4, 0.5) is 0 Å². The number of rotatable bonds is 7. The molecule has 0 spiro atoms. The van der Waals surface area contributed by atoms with Crippen LogP contribution in [-0.4, -0.2) is 11.9 Å². The Kier molecular flexibility index (Phi) is 6.14. The van der Waals surface area contributed by atoms with Crippen molar-refractivity contribution < 1.29 is 18.6 Å². The Bertz CT molecular complexity index is 872. The molecule has 0 saturated carbocycles. The molecule has 0 fully saturated rings. The van der Waals surface area contributed by atoms with Crippen molar-refractivity contribution in [1.29, 1.82) is 0 Å². The van der Waals surface area contributed by atoms with E-state index in [1.54, 1.807) is 0 Å². The molecule has 0 heterocycles. The zero-order chi connectivity index (χ0) is 20.8. The third kappa shape index (κ3) is 3.68. The van der Waals surface area contributed by atoms with Gasteiger partial charge in [-0.15, -0.1) is 0 Å². The fourth-order valence-corrected chi connectivity index (χ4v) is 8.24. The molecule has 0 amide bonds. The van der Waals surface area contributed by atoms with Gasteiger partial charge >= 0.3 is 171 Å². The summed E-state index contributed by atoms with van der Waals surface area (Å²) in [5.74, 6) is -0.911. The van der Waals surface area contributed by atoms with Gasteiger partial charge in [-0.2, -0.15) is 0 Å². The van der Waals surface area contributed by atoms with Gasteiger partial charge in [0.2, 0.25) is 0 Å². The standard InChI is InChI=1S/C24H25O4P/c1-3-13-24(26)28-29(27-20(2)25,21-14-7-4-8-15-21,22-16-9-5-10-17-22)23-18-11-6-12-19-23/h4-12,14-19H,3,13H2,1-2H3. The molecule has 3 aromatic rings. The molecule has 29 heavy (non-hydrogen) atoms. The van der Waals surface area contributed by atoms with Gasteiger partial charge in [0.05, 0.1) is 0 Å². The number of hydrogen-bond donors (Lipinski definition) is 0. The van der Waals surface area contributed by atoms with Crippen LogP contribution in [0.5, 0.6) is 0 Å². The Labute approximate surface area is 171 Å². The molecule has 0 aliphatic carbocycles. The molecule has 0 aliphatic rings. The van der Waals surface area contributed by atoms with Gasteiger partial charge in [0.1, 0.15) is 0 Å². The summed E-state index contributed by atoms with van der Waals surface area (Å²) in [6.45, 7) is 3.26. The van der Waals surface area contributed by atoms with Crippen LogP contribution in [0.3, 0.4) is 0 Å².